The van der Waals surface area contributed by atoms with Crippen LogP contribution in [0.25, 0.3) is 11.8 Å². The quantitative estimate of drug-likeness (QED) is 0.176. The lowest BCUT2D eigenvalue weighted by atomic mass is 9.60. The maximum Gasteiger partial charge on any atom is 0.417 e. The Balaban J connectivity index is 1.43. The van der Waals surface area contributed by atoms with Crippen molar-refractivity contribution in [3.8, 4) is 5.69 Å². The summed E-state index contributed by atoms with van der Waals surface area (Å²) in [6.45, 7) is -1.53. The number of allylic oxidation sites excluding steroid dienone is 1. The van der Waals surface area contributed by atoms with Crippen LogP contribution in [0.2, 0.25) is 0 Å². The summed E-state index contributed by atoms with van der Waals surface area (Å²) in [5.74, 6) is -1.13. The maximum atomic E-state index is 14.4. The van der Waals surface area contributed by atoms with Gasteiger partial charge in [-0.1, -0.05) is 5.57 Å². The second-order valence-corrected chi connectivity index (χ2v) is 12.8. The first-order valence-electron chi connectivity index (χ1n) is 14.0. The van der Waals surface area contributed by atoms with Gasteiger partial charge in [-0.2, -0.15) is 36.5 Å². The van der Waals surface area contributed by atoms with E-state index in [1.54, 1.807) is 10.8 Å². The topological polar surface area (TPSA) is 85.9 Å². The van der Waals surface area contributed by atoms with Crippen LogP contribution in [0.15, 0.2) is 71.7 Å². The monoisotopic (exact) mass is 666 g/mol. The van der Waals surface area contributed by atoms with Gasteiger partial charge in [0.05, 0.1) is 39.6 Å². The third kappa shape index (κ3) is 6.02. The smallest absolute Gasteiger partial charge is 0.291 e. The van der Waals surface area contributed by atoms with E-state index in [-0.39, 0.29) is 36.3 Å². The summed E-state index contributed by atoms with van der Waals surface area (Å²) >= 11 is 0. The summed E-state index contributed by atoms with van der Waals surface area (Å²) in [6.07, 6.45) is -3.20. The molecule has 0 N–H and O–H groups in total. The van der Waals surface area contributed by atoms with E-state index in [1.807, 2.05) is 0 Å². The summed E-state index contributed by atoms with van der Waals surface area (Å²) in [5, 5.41) is 8.34. The van der Waals surface area contributed by atoms with Crippen molar-refractivity contribution >= 4 is 22.8 Å². The highest BCUT2D eigenvalue weighted by Gasteiger charge is 2.52. The highest BCUT2D eigenvalue weighted by molar-refractivity contribution is 7.82. The minimum absolute atomic E-state index is 0.0457. The number of alkyl halides is 6. The Bertz CT molecular complexity index is 1830. The number of nitrogens with zero attached hydrogens (tertiary/aromatic N) is 6. The number of carbonyl (C=O) groups excluding carboxylic acids is 1. The molecule has 6 rings (SSSR count). The number of Topliss-reactive ketones (excluding diaryl/α,β-unsaturated/α-hetero) is 1. The zero-order valence-corrected chi connectivity index (χ0v) is 24.8. The number of halogens is 7. The van der Waals surface area contributed by atoms with E-state index >= 15 is 0 Å². The maximum absolute atomic E-state index is 14.4. The van der Waals surface area contributed by atoms with Crippen LogP contribution in [0.4, 0.5) is 30.7 Å². The summed E-state index contributed by atoms with van der Waals surface area (Å²) in [7, 11) is -0.771. The van der Waals surface area contributed by atoms with Gasteiger partial charge in [-0.05, 0) is 73.7 Å². The number of pyridine rings is 1. The Morgan fingerprint density at radius 1 is 1.04 bits per heavy atom. The zero-order valence-electron chi connectivity index (χ0n) is 24.0. The molecular formula is C30H25F7N6O2S. The predicted octanol–water partition coefficient (Wildman–Crippen LogP) is 6.11. The van der Waals surface area contributed by atoms with Crippen molar-refractivity contribution in [1.29, 1.82) is 0 Å². The number of carbonyl (C=O) groups is 1. The van der Waals surface area contributed by atoms with Crippen LogP contribution in [-0.2, 0) is 30.6 Å². The Morgan fingerprint density at radius 3 is 2.39 bits per heavy atom. The number of aromatic nitrogens is 5. The molecule has 0 radical (unpaired) electrons. The molecule has 0 amide bonds. The van der Waals surface area contributed by atoms with Crippen molar-refractivity contribution in [3.05, 3.63) is 95.1 Å². The SMILES string of the molecule is Cn1cc(S(=O)N(CC(F)(F)F)C2CCC3=Cc4c(cnn4-c4ccc(F)cc4)CC3(C(=O)c3ccc(C(F)(F)F)cn3)C2)cn1. The van der Waals surface area contributed by atoms with E-state index in [1.165, 1.54) is 54.6 Å². The zero-order chi connectivity index (χ0) is 33.0. The lowest BCUT2D eigenvalue weighted by Crippen LogP contribution is -2.51. The van der Waals surface area contributed by atoms with Gasteiger partial charge < -0.3 is 0 Å². The number of aryl methyl sites for hydroxylation is 1. The van der Waals surface area contributed by atoms with Crippen LogP contribution in [0.5, 0.6) is 0 Å². The van der Waals surface area contributed by atoms with Crippen LogP contribution in [0, 0.1) is 11.2 Å². The third-order valence-electron chi connectivity index (χ3n) is 8.30. The largest absolute Gasteiger partial charge is 0.417 e. The molecule has 2 aliphatic carbocycles. The molecule has 0 saturated heterocycles. The van der Waals surface area contributed by atoms with E-state index < -0.39 is 58.5 Å². The van der Waals surface area contributed by atoms with Gasteiger partial charge in [-0.25, -0.2) is 17.6 Å². The Morgan fingerprint density at radius 2 is 1.78 bits per heavy atom. The first-order chi connectivity index (χ1) is 21.6. The highest BCUT2D eigenvalue weighted by atomic mass is 32.2. The van der Waals surface area contributed by atoms with Gasteiger partial charge in [-0.3, -0.25) is 14.5 Å². The van der Waals surface area contributed by atoms with Crippen molar-refractivity contribution in [3.63, 3.8) is 0 Å². The van der Waals surface area contributed by atoms with Crippen molar-refractivity contribution in [2.24, 2.45) is 12.5 Å². The van der Waals surface area contributed by atoms with Crippen LogP contribution < -0.4 is 0 Å². The van der Waals surface area contributed by atoms with Crippen molar-refractivity contribution in [2.75, 3.05) is 6.54 Å². The molecule has 0 bridgehead atoms. The van der Waals surface area contributed by atoms with Gasteiger partial charge in [0.2, 0.25) is 0 Å². The molecule has 0 aliphatic heterocycles. The molecule has 0 spiro atoms. The molecule has 1 fully saturated rings. The minimum Gasteiger partial charge on any atom is -0.291 e. The fourth-order valence-corrected chi connectivity index (χ4v) is 7.55. The first-order valence-corrected chi connectivity index (χ1v) is 15.1. The summed E-state index contributed by atoms with van der Waals surface area (Å²) in [4.78, 5) is 18.2. The fourth-order valence-electron chi connectivity index (χ4n) is 6.18. The van der Waals surface area contributed by atoms with Gasteiger partial charge in [0.1, 0.15) is 29.0 Å². The Hall–Kier alpha value is -4.18. The summed E-state index contributed by atoms with van der Waals surface area (Å²) in [5.41, 5.74) is -0.689. The molecule has 242 valence electrons. The molecule has 3 unspecified atom stereocenters. The number of fused-ring (bicyclic) bond motifs is 2. The second-order valence-electron chi connectivity index (χ2n) is 11.3. The molecule has 16 heteroatoms. The van der Waals surface area contributed by atoms with Crippen LogP contribution in [0.3, 0.4) is 0 Å². The first kappa shape index (κ1) is 31.8. The molecule has 4 aromatic rings. The van der Waals surface area contributed by atoms with Crippen LogP contribution in [-0.4, -0.2) is 57.6 Å². The summed E-state index contributed by atoms with van der Waals surface area (Å²) < 4.78 is 112. The number of benzene rings is 1. The molecule has 8 nitrogen and oxygen atoms in total. The predicted molar refractivity (Wildman–Crippen MR) is 151 cm³/mol. The van der Waals surface area contributed by atoms with E-state index in [0.29, 0.717) is 28.7 Å². The van der Waals surface area contributed by atoms with Gasteiger partial charge >= 0.3 is 12.4 Å². The van der Waals surface area contributed by atoms with Crippen LogP contribution in [0.1, 0.15) is 46.6 Å². The van der Waals surface area contributed by atoms with Gasteiger partial charge in [0.25, 0.3) is 0 Å². The van der Waals surface area contributed by atoms with E-state index in [4.69, 9.17) is 0 Å². The number of hydrogen-bond acceptors (Lipinski definition) is 5. The van der Waals surface area contributed by atoms with Crippen molar-refractivity contribution in [1.82, 2.24) is 28.9 Å². The van der Waals surface area contributed by atoms with E-state index in [9.17, 15) is 39.7 Å². The van der Waals surface area contributed by atoms with Gasteiger partial charge in [0.15, 0.2) is 5.78 Å². The van der Waals surface area contributed by atoms with E-state index in [0.717, 1.165) is 16.4 Å². The number of ketones is 1. The lowest BCUT2D eigenvalue weighted by Gasteiger charge is -2.46. The Kier molecular flexibility index (Phi) is 7.99. The third-order valence-corrected chi connectivity index (χ3v) is 9.77. The highest BCUT2D eigenvalue weighted by Crippen LogP contribution is 2.51. The number of rotatable bonds is 7. The molecular weight excluding hydrogens is 641 g/mol. The van der Waals surface area contributed by atoms with Crippen LogP contribution >= 0.6 is 0 Å². The van der Waals surface area contributed by atoms with Gasteiger partial charge in [0, 0.05) is 25.5 Å². The van der Waals surface area contributed by atoms with Crippen molar-refractivity contribution < 1.29 is 39.7 Å². The molecule has 1 saturated carbocycles. The van der Waals surface area contributed by atoms with Crippen molar-refractivity contribution in [2.45, 2.75) is 49.0 Å². The average molecular weight is 667 g/mol. The standard InChI is InChI=1S/C30H25F7N6O2S/c1-41-16-24(15-39-41)46(45)42(17-29(32,33)34)23-6-2-19-10-26-18(13-40-43(26)22-7-4-21(31)5-8-22)11-28(19,12-23)27(44)25-9-3-20(14-38-25)30(35,36)37/h3-5,7-10,13-16,23H,2,6,11-12,17H2,1H3. The average Bonchev–Trinajstić information content (AvgIpc) is 3.63. The normalized spacial score (nSPS) is 20.6. The summed E-state index contributed by atoms with van der Waals surface area (Å²) in [6, 6.07) is 6.21. The second kappa shape index (κ2) is 11.6. The lowest BCUT2D eigenvalue weighted by molar-refractivity contribution is -0.140. The molecule has 1 aromatic carbocycles. The molecule has 2 aliphatic rings. The molecule has 3 heterocycles. The Labute approximate surface area is 260 Å². The molecule has 46 heavy (non-hydrogen) atoms. The molecule has 3 aromatic heterocycles. The van der Waals surface area contributed by atoms with E-state index in [2.05, 4.69) is 15.2 Å². The number of hydrogen-bond donors (Lipinski definition) is 0. The minimum atomic E-state index is -4.74. The fraction of sp³-hybridized carbons (Fsp3) is 0.333. The molecule has 3 atom stereocenters. The van der Waals surface area contributed by atoms with Gasteiger partial charge in [-0.15, -0.1) is 0 Å².